The van der Waals surface area contributed by atoms with Gasteiger partial charge in [-0.3, -0.25) is 0 Å². The summed E-state index contributed by atoms with van der Waals surface area (Å²) in [6.07, 6.45) is 0.989. The first kappa shape index (κ1) is 8.48. The van der Waals surface area contributed by atoms with Gasteiger partial charge >= 0.3 is 0 Å². The molecule has 0 aliphatic carbocycles. The Bertz CT molecular complexity index is 349. The van der Waals surface area contributed by atoms with Gasteiger partial charge in [0.1, 0.15) is 0 Å². The molecule has 0 N–H and O–H groups in total. The fraction of sp³-hybridized carbons (Fsp3) is 0.600. The third-order valence-electron chi connectivity index (χ3n) is 2.62. The van der Waals surface area contributed by atoms with Gasteiger partial charge in [-0.2, -0.15) is 5.10 Å². The van der Waals surface area contributed by atoms with Crippen LogP contribution in [0.2, 0.25) is 0 Å². The topological polar surface area (TPSA) is 30.2 Å². The van der Waals surface area contributed by atoms with E-state index in [0.717, 1.165) is 24.5 Å². The van der Waals surface area contributed by atoms with Crippen molar-refractivity contribution in [3.8, 4) is 0 Å². The predicted octanol–water partition coefficient (Wildman–Crippen LogP) is 2.19. The SMILES string of the molecule is CCc1cc2n(n1)CC(C)C(C)=N2. The van der Waals surface area contributed by atoms with Crippen LogP contribution in [0, 0.1) is 5.92 Å². The summed E-state index contributed by atoms with van der Waals surface area (Å²) in [5.41, 5.74) is 2.36. The van der Waals surface area contributed by atoms with Gasteiger partial charge in [-0.25, -0.2) is 9.67 Å². The number of fused-ring (bicyclic) bond motifs is 1. The van der Waals surface area contributed by atoms with Gasteiger partial charge in [-0.1, -0.05) is 13.8 Å². The molecule has 0 aromatic carbocycles. The summed E-state index contributed by atoms with van der Waals surface area (Å²) < 4.78 is 2.01. The number of aliphatic imine (C=N–C) groups is 1. The zero-order valence-electron chi connectivity index (χ0n) is 8.41. The maximum absolute atomic E-state index is 4.51. The number of aromatic nitrogens is 2. The highest BCUT2D eigenvalue weighted by atomic mass is 15.3. The molecule has 1 unspecified atom stereocenters. The number of hydrogen-bond acceptors (Lipinski definition) is 2. The van der Waals surface area contributed by atoms with Crippen molar-refractivity contribution in [1.29, 1.82) is 0 Å². The van der Waals surface area contributed by atoms with E-state index in [2.05, 4.69) is 36.9 Å². The summed E-state index contributed by atoms with van der Waals surface area (Å²) in [7, 11) is 0. The van der Waals surface area contributed by atoms with Gasteiger partial charge in [0, 0.05) is 17.7 Å². The van der Waals surface area contributed by atoms with Crippen molar-refractivity contribution in [2.45, 2.75) is 33.7 Å². The molecule has 0 saturated heterocycles. The second-order valence-electron chi connectivity index (χ2n) is 3.68. The van der Waals surface area contributed by atoms with E-state index < -0.39 is 0 Å². The first-order valence-electron chi connectivity index (χ1n) is 4.82. The van der Waals surface area contributed by atoms with Crippen molar-refractivity contribution >= 4 is 11.5 Å². The van der Waals surface area contributed by atoms with Gasteiger partial charge in [-0.15, -0.1) is 0 Å². The van der Waals surface area contributed by atoms with Crippen LogP contribution >= 0.6 is 0 Å². The molecule has 0 saturated carbocycles. The van der Waals surface area contributed by atoms with Gasteiger partial charge in [0.15, 0.2) is 5.82 Å². The van der Waals surface area contributed by atoms with Gasteiger partial charge in [-0.05, 0) is 13.3 Å². The number of rotatable bonds is 1. The predicted molar refractivity (Wildman–Crippen MR) is 53.5 cm³/mol. The summed E-state index contributed by atoms with van der Waals surface area (Å²) >= 11 is 0. The molecular formula is C10H15N3. The molecule has 3 heteroatoms. The highest BCUT2D eigenvalue weighted by molar-refractivity contribution is 5.87. The third-order valence-corrected chi connectivity index (χ3v) is 2.62. The first-order chi connectivity index (χ1) is 6.20. The smallest absolute Gasteiger partial charge is 0.150 e. The molecule has 1 aromatic heterocycles. The minimum absolute atomic E-state index is 0.525. The quantitative estimate of drug-likeness (QED) is 0.646. The molecular weight excluding hydrogens is 162 g/mol. The Kier molecular flexibility index (Phi) is 1.94. The zero-order valence-corrected chi connectivity index (χ0v) is 8.41. The van der Waals surface area contributed by atoms with Crippen LogP contribution in [0.1, 0.15) is 26.5 Å². The molecule has 3 nitrogen and oxygen atoms in total. The highest BCUT2D eigenvalue weighted by Gasteiger charge is 2.17. The van der Waals surface area contributed by atoms with E-state index in [1.54, 1.807) is 0 Å². The molecule has 1 aromatic rings. The Morgan fingerprint density at radius 2 is 2.38 bits per heavy atom. The molecule has 70 valence electrons. The van der Waals surface area contributed by atoms with Crippen molar-refractivity contribution in [3.05, 3.63) is 11.8 Å². The molecule has 1 aliphatic heterocycles. The molecule has 13 heavy (non-hydrogen) atoms. The molecule has 0 spiro atoms. The van der Waals surface area contributed by atoms with E-state index in [-0.39, 0.29) is 0 Å². The average molecular weight is 177 g/mol. The van der Waals surface area contributed by atoms with Crippen molar-refractivity contribution in [2.24, 2.45) is 10.9 Å². The Balaban J connectivity index is 2.41. The Morgan fingerprint density at radius 3 is 3.08 bits per heavy atom. The number of nitrogens with zero attached hydrogens (tertiary/aromatic N) is 3. The zero-order chi connectivity index (χ0) is 9.42. The Labute approximate surface area is 78.5 Å². The number of hydrogen-bond donors (Lipinski definition) is 0. The van der Waals surface area contributed by atoms with Crippen LogP contribution in [0.25, 0.3) is 0 Å². The van der Waals surface area contributed by atoms with E-state index in [9.17, 15) is 0 Å². The monoisotopic (exact) mass is 177 g/mol. The van der Waals surface area contributed by atoms with Gasteiger partial charge in [0.05, 0.1) is 12.2 Å². The van der Waals surface area contributed by atoms with Crippen LogP contribution in [0.3, 0.4) is 0 Å². The molecule has 1 aliphatic rings. The Morgan fingerprint density at radius 1 is 1.62 bits per heavy atom. The lowest BCUT2D eigenvalue weighted by Gasteiger charge is -2.17. The normalized spacial score (nSPS) is 21.2. The van der Waals surface area contributed by atoms with E-state index >= 15 is 0 Å². The highest BCUT2D eigenvalue weighted by Crippen LogP contribution is 2.22. The molecule has 2 rings (SSSR count). The molecule has 0 bridgehead atoms. The lowest BCUT2D eigenvalue weighted by atomic mass is 10.1. The fourth-order valence-electron chi connectivity index (χ4n) is 1.54. The molecule has 0 amide bonds. The van der Waals surface area contributed by atoms with Crippen molar-refractivity contribution in [3.63, 3.8) is 0 Å². The summed E-state index contributed by atoms with van der Waals surface area (Å²) in [5, 5.41) is 4.46. The van der Waals surface area contributed by atoms with Crippen LogP contribution in [0.4, 0.5) is 5.82 Å². The van der Waals surface area contributed by atoms with Crippen LogP contribution in [0.15, 0.2) is 11.1 Å². The second-order valence-corrected chi connectivity index (χ2v) is 3.68. The van der Waals surface area contributed by atoms with E-state index in [1.165, 1.54) is 5.71 Å². The minimum atomic E-state index is 0.525. The van der Waals surface area contributed by atoms with Crippen molar-refractivity contribution in [1.82, 2.24) is 9.78 Å². The van der Waals surface area contributed by atoms with E-state index in [4.69, 9.17) is 0 Å². The van der Waals surface area contributed by atoms with Gasteiger partial charge in [0.25, 0.3) is 0 Å². The van der Waals surface area contributed by atoms with Crippen LogP contribution < -0.4 is 0 Å². The fourth-order valence-corrected chi connectivity index (χ4v) is 1.54. The van der Waals surface area contributed by atoms with Crippen LogP contribution in [0.5, 0.6) is 0 Å². The molecule has 0 radical (unpaired) electrons. The van der Waals surface area contributed by atoms with Crippen molar-refractivity contribution in [2.75, 3.05) is 0 Å². The minimum Gasteiger partial charge on any atom is -0.247 e. The third kappa shape index (κ3) is 1.39. The lowest BCUT2D eigenvalue weighted by molar-refractivity contribution is 0.525. The summed E-state index contributed by atoms with van der Waals surface area (Å²) in [4.78, 5) is 4.51. The standard InChI is InChI=1S/C10H15N3/c1-4-9-5-10-11-8(3)7(2)6-13(10)12-9/h5,7H,4,6H2,1-3H3. The molecule has 0 fully saturated rings. The maximum atomic E-state index is 4.51. The molecule has 1 atom stereocenters. The summed E-state index contributed by atoms with van der Waals surface area (Å²) in [6, 6.07) is 2.08. The molecule has 2 heterocycles. The van der Waals surface area contributed by atoms with Crippen molar-refractivity contribution < 1.29 is 0 Å². The summed E-state index contributed by atoms with van der Waals surface area (Å²) in [5.74, 6) is 1.55. The van der Waals surface area contributed by atoms with E-state index in [1.807, 2.05) is 4.68 Å². The second kappa shape index (κ2) is 2.98. The average Bonchev–Trinajstić information content (AvgIpc) is 2.48. The summed E-state index contributed by atoms with van der Waals surface area (Å²) in [6.45, 7) is 7.38. The van der Waals surface area contributed by atoms with Crippen LogP contribution in [-0.2, 0) is 13.0 Å². The maximum Gasteiger partial charge on any atom is 0.150 e. The largest absolute Gasteiger partial charge is 0.247 e. The van der Waals surface area contributed by atoms with Gasteiger partial charge in [0.2, 0.25) is 0 Å². The number of aryl methyl sites for hydroxylation is 1. The van der Waals surface area contributed by atoms with Gasteiger partial charge < -0.3 is 0 Å². The first-order valence-corrected chi connectivity index (χ1v) is 4.82. The Hall–Kier alpha value is -1.12. The van der Waals surface area contributed by atoms with Crippen LogP contribution in [-0.4, -0.2) is 15.5 Å². The lowest BCUT2D eigenvalue weighted by Crippen LogP contribution is -2.19. The van der Waals surface area contributed by atoms with E-state index in [0.29, 0.717) is 5.92 Å².